The zero-order valence-electron chi connectivity index (χ0n) is 11.3. The first-order valence-corrected chi connectivity index (χ1v) is 6.83. The zero-order chi connectivity index (χ0) is 13.0. The average molecular weight is 246 g/mol. The maximum absolute atomic E-state index is 12.1. The minimum atomic E-state index is 0.0397. The van der Waals surface area contributed by atoms with Crippen LogP contribution in [0.2, 0.25) is 0 Å². The minimum absolute atomic E-state index is 0.0397. The van der Waals surface area contributed by atoms with Crippen molar-refractivity contribution in [1.82, 2.24) is 5.32 Å². The predicted molar refractivity (Wildman–Crippen MR) is 75.0 cm³/mol. The van der Waals surface area contributed by atoms with E-state index in [1.165, 1.54) is 24.8 Å². The molecule has 1 fully saturated rings. The number of hydrogen-bond donors (Lipinski definition) is 2. The number of carbonyl (C=O) groups excluding carboxylic acids is 1. The molecular weight excluding hydrogens is 224 g/mol. The Labute approximate surface area is 109 Å². The van der Waals surface area contributed by atoms with E-state index in [0.717, 1.165) is 24.3 Å². The van der Waals surface area contributed by atoms with Gasteiger partial charge >= 0.3 is 0 Å². The summed E-state index contributed by atoms with van der Waals surface area (Å²) >= 11 is 0. The molecule has 3 heteroatoms. The summed E-state index contributed by atoms with van der Waals surface area (Å²) in [5.74, 6) is 0.736. The van der Waals surface area contributed by atoms with Gasteiger partial charge < -0.3 is 10.6 Å². The smallest absolute Gasteiger partial charge is 0.253 e. The zero-order valence-corrected chi connectivity index (χ0v) is 11.3. The molecule has 1 aromatic carbocycles. The average Bonchev–Trinajstić information content (AvgIpc) is 2.27. The molecule has 0 unspecified atom stereocenters. The van der Waals surface area contributed by atoms with E-state index in [1.807, 2.05) is 32.0 Å². The molecule has 0 spiro atoms. The van der Waals surface area contributed by atoms with E-state index in [2.05, 4.69) is 10.6 Å². The van der Waals surface area contributed by atoms with Crippen LogP contribution in [0.4, 0.5) is 5.69 Å². The van der Waals surface area contributed by atoms with Gasteiger partial charge in [-0.2, -0.15) is 0 Å². The Morgan fingerprint density at radius 3 is 2.78 bits per heavy atom. The Morgan fingerprint density at radius 1 is 1.39 bits per heavy atom. The van der Waals surface area contributed by atoms with E-state index in [4.69, 9.17) is 0 Å². The van der Waals surface area contributed by atoms with Crippen LogP contribution < -0.4 is 10.6 Å². The standard InChI is InChI=1S/C15H22N2O/c1-3-16-14-9-11(2)7-8-13(14)15(18)17-10-12-5-4-6-12/h7-9,12,16H,3-6,10H2,1-2H3,(H,17,18). The first kappa shape index (κ1) is 12.9. The van der Waals surface area contributed by atoms with Crippen molar-refractivity contribution in [3.63, 3.8) is 0 Å². The number of carbonyl (C=O) groups is 1. The Balaban J connectivity index is 2.02. The van der Waals surface area contributed by atoms with Crippen molar-refractivity contribution in [3.05, 3.63) is 29.3 Å². The van der Waals surface area contributed by atoms with Crippen LogP contribution in [-0.2, 0) is 0 Å². The summed E-state index contributed by atoms with van der Waals surface area (Å²) in [4.78, 5) is 12.1. The van der Waals surface area contributed by atoms with E-state index in [0.29, 0.717) is 5.92 Å². The lowest BCUT2D eigenvalue weighted by molar-refractivity contribution is 0.0940. The Hall–Kier alpha value is -1.51. The minimum Gasteiger partial charge on any atom is -0.385 e. The van der Waals surface area contributed by atoms with Crippen molar-refractivity contribution in [3.8, 4) is 0 Å². The number of aryl methyl sites for hydroxylation is 1. The van der Waals surface area contributed by atoms with Crippen molar-refractivity contribution in [2.45, 2.75) is 33.1 Å². The normalized spacial score (nSPS) is 15.0. The molecule has 0 heterocycles. The summed E-state index contributed by atoms with van der Waals surface area (Å²) in [7, 11) is 0. The molecule has 1 aliphatic rings. The molecule has 3 nitrogen and oxygen atoms in total. The summed E-state index contributed by atoms with van der Waals surface area (Å²) in [6.45, 7) is 5.72. The molecule has 98 valence electrons. The van der Waals surface area contributed by atoms with Crippen molar-refractivity contribution in [1.29, 1.82) is 0 Å². The number of amides is 1. The van der Waals surface area contributed by atoms with Crippen LogP contribution in [0.5, 0.6) is 0 Å². The molecule has 0 radical (unpaired) electrons. The first-order chi connectivity index (χ1) is 8.70. The fourth-order valence-corrected chi connectivity index (χ4v) is 2.22. The molecule has 0 saturated heterocycles. The lowest BCUT2D eigenvalue weighted by atomic mass is 9.85. The van der Waals surface area contributed by atoms with Crippen LogP contribution in [0.1, 0.15) is 42.1 Å². The van der Waals surface area contributed by atoms with Crippen LogP contribution in [0.15, 0.2) is 18.2 Å². The van der Waals surface area contributed by atoms with Gasteiger partial charge in [0.25, 0.3) is 5.91 Å². The second kappa shape index (κ2) is 5.89. The molecule has 0 atom stereocenters. The molecule has 1 saturated carbocycles. The summed E-state index contributed by atoms with van der Waals surface area (Å²) < 4.78 is 0. The number of hydrogen-bond acceptors (Lipinski definition) is 2. The topological polar surface area (TPSA) is 41.1 Å². The molecule has 18 heavy (non-hydrogen) atoms. The second-order valence-electron chi connectivity index (χ2n) is 5.09. The van der Waals surface area contributed by atoms with E-state index in [1.54, 1.807) is 0 Å². The highest BCUT2D eigenvalue weighted by molar-refractivity contribution is 5.99. The van der Waals surface area contributed by atoms with Crippen LogP contribution in [0.25, 0.3) is 0 Å². The van der Waals surface area contributed by atoms with E-state index < -0.39 is 0 Å². The molecule has 0 bridgehead atoms. The first-order valence-electron chi connectivity index (χ1n) is 6.83. The molecular formula is C15H22N2O. The van der Waals surface area contributed by atoms with Gasteiger partial charge in [0.05, 0.1) is 5.56 Å². The highest BCUT2D eigenvalue weighted by Gasteiger charge is 2.19. The van der Waals surface area contributed by atoms with Crippen LogP contribution in [0, 0.1) is 12.8 Å². The fraction of sp³-hybridized carbons (Fsp3) is 0.533. The lowest BCUT2D eigenvalue weighted by Gasteiger charge is -2.25. The number of benzene rings is 1. The van der Waals surface area contributed by atoms with Crippen LogP contribution in [0.3, 0.4) is 0 Å². The van der Waals surface area contributed by atoms with Gasteiger partial charge in [-0.1, -0.05) is 12.5 Å². The largest absolute Gasteiger partial charge is 0.385 e. The lowest BCUT2D eigenvalue weighted by Crippen LogP contribution is -2.32. The van der Waals surface area contributed by atoms with Crippen molar-refractivity contribution in [2.24, 2.45) is 5.92 Å². The van der Waals surface area contributed by atoms with E-state index in [9.17, 15) is 4.79 Å². The molecule has 0 aliphatic heterocycles. The maximum Gasteiger partial charge on any atom is 0.253 e. The molecule has 1 amide bonds. The summed E-state index contributed by atoms with van der Waals surface area (Å²) in [5, 5.41) is 6.29. The molecule has 1 aliphatic carbocycles. The van der Waals surface area contributed by atoms with E-state index >= 15 is 0 Å². The Kier molecular flexibility index (Phi) is 4.24. The van der Waals surface area contributed by atoms with Crippen LogP contribution in [-0.4, -0.2) is 19.0 Å². The van der Waals surface area contributed by atoms with Gasteiger partial charge in [0.1, 0.15) is 0 Å². The summed E-state index contributed by atoms with van der Waals surface area (Å²) in [5.41, 5.74) is 2.85. The second-order valence-corrected chi connectivity index (χ2v) is 5.09. The monoisotopic (exact) mass is 246 g/mol. The predicted octanol–water partition coefficient (Wildman–Crippen LogP) is 2.96. The number of nitrogens with one attached hydrogen (secondary N) is 2. The Bertz CT molecular complexity index is 425. The SMILES string of the molecule is CCNc1cc(C)ccc1C(=O)NCC1CCC1. The number of anilines is 1. The van der Waals surface area contributed by atoms with Gasteiger partial charge in [0.2, 0.25) is 0 Å². The summed E-state index contributed by atoms with van der Waals surface area (Å²) in [6, 6.07) is 5.92. The van der Waals surface area contributed by atoms with Crippen molar-refractivity contribution in [2.75, 3.05) is 18.4 Å². The summed E-state index contributed by atoms with van der Waals surface area (Å²) in [6.07, 6.45) is 3.83. The fourth-order valence-electron chi connectivity index (χ4n) is 2.22. The molecule has 1 aromatic rings. The maximum atomic E-state index is 12.1. The van der Waals surface area contributed by atoms with Gasteiger partial charge in [-0.05, 0) is 50.3 Å². The number of rotatable bonds is 5. The molecule has 0 aromatic heterocycles. The van der Waals surface area contributed by atoms with Gasteiger partial charge in [-0.3, -0.25) is 4.79 Å². The van der Waals surface area contributed by atoms with Crippen LogP contribution >= 0.6 is 0 Å². The van der Waals surface area contributed by atoms with Gasteiger partial charge in [-0.15, -0.1) is 0 Å². The Morgan fingerprint density at radius 2 is 2.17 bits per heavy atom. The van der Waals surface area contributed by atoms with Crippen molar-refractivity contribution >= 4 is 11.6 Å². The highest BCUT2D eigenvalue weighted by atomic mass is 16.1. The van der Waals surface area contributed by atoms with Crippen molar-refractivity contribution < 1.29 is 4.79 Å². The molecule has 2 N–H and O–H groups in total. The third-order valence-corrected chi connectivity index (χ3v) is 3.56. The highest BCUT2D eigenvalue weighted by Crippen LogP contribution is 2.25. The van der Waals surface area contributed by atoms with E-state index in [-0.39, 0.29) is 5.91 Å². The quantitative estimate of drug-likeness (QED) is 0.838. The van der Waals surface area contributed by atoms with Gasteiger partial charge in [0.15, 0.2) is 0 Å². The third kappa shape index (κ3) is 3.03. The van der Waals surface area contributed by atoms with Gasteiger partial charge in [-0.25, -0.2) is 0 Å². The third-order valence-electron chi connectivity index (χ3n) is 3.56. The molecule has 2 rings (SSSR count). The van der Waals surface area contributed by atoms with Gasteiger partial charge in [0, 0.05) is 18.8 Å².